The first kappa shape index (κ1) is 41.0. The van der Waals surface area contributed by atoms with Crippen LogP contribution in [0.3, 0.4) is 0 Å². The van der Waals surface area contributed by atoms with Crippen molar-refractivity contribution in [2.24, 2.45) is 45.3 Å². The first-order valence-corrected chi connectivity index (χ1v) is 15.1. The number of nitrogens with one attached hydrogen (secondary N) is 4. The number of carboxylic acid groups (broad SMARTS) is 1. The predicted molar refractivity (Wildman–Crippen MR) is 168 cm³/mol. The molecule has 0 aromatic rings. The summed E-state index contributed by atoms with van der Waals surface area (Å²) in [7, 11) is 0. The van der Waals surface area contributed by atoms with Crippen LogP contribution in [0.15, 0.2) is 4.99 Å². The SMILES string of the molecule is CC(C)[C@H](NC(=O)[C@@H](N)CCCN=C(N)N)C(=O)N[C@@H](CCCCN)C(=O)N[C@@H](CC(N)=O)C(=O)N[C@@H](CCCCN)C(=O)O. The fraction of sp³-hybridized carbons (Fsp3) is 0.741. The summed E-state index contributed by atoms with van der Waals surface area (Å²) in [6, 6.07) is -6.02. The van der Waals surface area contributed by atoms with Gasteiger partial charge in [0.2, 0.25) is 29.5 Å². The van der Waals surface area contributed by atoms with Crippen molar-refractivity contribution in [3.63, 3.8) is 0 Å². The lowest BCUT2D eigenvalue weighted by molar-refractivity contribution is -0.142. The molecule has 0 spiro atoms. The van der Waals surface area contributed by atoms with Crippen molar-refractivity contribution in [2.45, 2.75) is 102 Å². The van der Waals surface area contributed by atoms with Gasteiger partial charge in [0, 0.05) is 6.54 Å². The van der Waals surface area contributed by atoms with Gasteiger partial charge < -0.3 is 60.8 Å². The van der Waals surface area contributed by atoms with E-state index >= 15 is 0 Å². The summed E-state index contributed by atoms with van der Waals surface area (Å²) in [5.41, 5.74) is 32.9. The summed E-state index contributed by atoms with van der Waals surface area (Å²) >= 11 is 0. The zero-order chi connectivity index (χ0) is 34.5. The van der Waals surface area contributed by atoms with Crippen LogP contribution in [0.5, 0.6) is 0 Å². The second-order valence-corrected chi connectivity index (χ2v) is 11.0. The van der Waals surface area contributed by atoms with Crippen molar-refractivity contribution >= 4 is 41.5 Å². The highest BCUT2D eigenvalue weighted by molar-refractivity contribution is 5.97. The van der Waals surface area contributed by atoms with Crippen molar-refractivity contribution in [2.75, 3.05) is 19.6 Å². The molecule has 0 unspecified atom stereocenters. The molecule has 0 aliphatic rings. The molecule has 5 atom stereocenters. The maximum Gasteiger partial charge on any atom is 0.326 e. The second-order valence-electron chi connectivity index (χ2n) is 11.0. The number of aliphatic carboxylic acids is 1. The number of nitrogens with zero attached hydrogens (tertiary/aromatic N) is 1. The summed E-state index contributed by atoms with van der Waals surface area (Å²) in [4.78, 5) is 79.6. The minimum Gasteiger partial charge on any atom is -0.480 e. The number of carbonyl (C=O) groups excluding carboxylic acids is 5. The summed E-state index contributed by atoms with van der Waals surface area (Å²) in [5.74, 6) is -5.73. The van der Waals surface area contributed by atoms with E-state index in [-0.39, 0.29) is 31.8 Å². The molecule has 0 saturated carbocycles. The lowest BCUT2D eigenvalue weighted by Crippen LogP contribution is -2.59. The molecule has 0 aromatic heterocycles. The average molecular weight is 644 g/mol. The van der Waals surface area contributed by atoms with Crippen molar-refractivity contribution in [1.29, 1.82) is 0 Å². The molecule has 5 amide bonds. The van der Waals surface area contributed by atoms with E-state index in [1.54, 1.807) is 13.8 Å². The minimum absolute atomic E-state index is 0.0789. The van der Waals surface area contributed by atoms with Crippen LogP contribution in [0, 0.1) is 5.92 Å². The molecule has 0 saturated heterocycles. The van der Waals surface area contributed by atoms with E-state index in [2.05, 4.69) is 26.3 Å². The maximum absolute atomic E-state index is 13.4. The number of nitrogens with two attached hydrogens (primary N) is 6. The number of carboxylic acids is 1. The molecular weight excluding hydrogens is 590 g/mol. The van der Waals surface area contributed by atoms with Crippen molar-refractivity contribution in [3.05, 3.63) is 0 Å². The first-order valence-electron chi connectivity index (χ1n) is 15.1. The van der Waals surface area contributed by atoms with Gasteiger partial charge in [-0.15, -0.1) is 0 Å². The Hall–Kier alpha value is -4.03. The number of hydrogen-bond donors (Lipinski definition) is 11. The van der Waals surface area contributed by atoms with Gasteiger partial charge in [0.15, 0.2) is 5.96 Å². The smallest absolute Gasteiger partial charge is 0.326 e. The van der Waals surface area contributed by atoms with Crippen molar-refractivity contribution < 1.29 is 33.9 Å². The lowest BCUT2D eigenvalue weighted by atomic mass is 10.0. The molecule has 0 fully saturated rings. The Balaban J connectivity index is 5.74. The standard InChI is InChI=1S/C27H53N11O7/c1-15(2)21(38-22(40)16(30)8-7-13-34-27(32)33)25(43)35-17(9-3-5-11-28)23(41)37-19(14-20(31)39)24(42)36-18(26(44)45)10-4-6-12-29/h15-19,21H,3-14,28-30H2,1-2H3,(H2,31,39)(H,35,43)(H,36,42)(H,37,41)(H,38,40)(H,44,45)(H4,32,33,34)/t16-,17-,18-,19-,21-/m0/s1. The third-order valence-corrected chi connectivity index (χ3v) is 6.73. The Kier molecular flexibility index (Phi) is 20.5. The summed E-state index contributed by atoms with van der Waals surface area (Å²) in [6.45, 7) is 4.32. The summed E-state index contributed by atoms with van der Waals surface area (Å²) in [5, 5.41) is 19.5. The van der Waals surface area contributed by atoms with E-state index in [0.717, 1.165) is 0 Å². The summed E-state index contributed by atoms with van der Waals surface area (Å²) < 4.78 is 0. The molecule has 0 radical (unpaired) electrons. The number of aliphatic imine (C=N–C) groups is 1. The van der Waals surface area contributed by atoms with E-state index in [1.807, 2.05) is 0 Å². The van der Waals surface area contributed by atoms with Gasteiger partial charge in [-0.05, 0) is 70.4 Å². The molecular formula is C27H53N11O7. The van der Waals surface area contributed by atoms with E-state index in [4.69, 9.17) is 34.4 Å². The number of primary amides is 1. The number of hydrogen-bond acceptors (Lipinski definition) is 10. The molecule has 0 aliphatic heterocycles. The highest BCUT2D eigenvalue weighted by Crippen LogP contribution is 2.09. The third kappa shape index (κ3) is 17.8. The molecule has 258 valence electrons. The van der Waals surface area contributed by atoms with Crippen LogP contribution in [-0.2, 0) is 28.8 Å². The Labute approximate surface area is 263 Å². The van der Waals surface area contributed by atoms with Gasteiger partial charge in [0.1, 0.15) is 24.2 Å². The van der Waals surface area contributed by atoms with E-state index in [0.29, 0.717) is 45.2 Å². The lowest BCUT2D eigenvalue weighted by Gasteiger charge is -2.27. The monoisotopic (exact) mass is 643 g/mol. The molecule has 0 bridgehead atoms. The Bertz CT molecular complexity index is 1010. The largest absolute Gasteiger partial charge is 0.480 e. The van der Waals surface area contributed by atoms with Crippen LogP contribution in [0.2, 0.25) is 0 Å². The van der Waals surface area contributed by atoms with Gasteiger partial charge in [-0.3, -0.25) is 29.0 Å². The number of guanidine groups is 1. The number of unbranched alkanes of at least 4 members (excludes halogenated alkanes) is 2. The van der Waals surface area contributed by atoms with Crippen LogP contribution in [-0.4, -0.2) is 96.4 Å². The highest BCUT2D eigenvalue weighted by atomic mass is 16.4. The van der Waals surface area contributed by atoms with Crippen LogP contribution < -0.4 is 55.7 Å². The van der Waals surface area contributed by atoms with Gasteiger partial charge >= 0.3 is 5.97 Å². The quantitative estimate of drug-likeness (QED) is 0.0274. The average Bonchev–Trinajstić information content (AvgIpc) is 2.95. The fourth-order valence-electron chi connectivity index (χ4n) is 4.17. The van der Waals surface area contributed by atoms with Crippen molar-refractivity contribution in [3.8, 4) is 0 Å². The molecule has 17 N–H and O–H groups in total. The van der Waals surface area contributed by atoms with Crippen LogP contribution >= 0.6 is 0 Å². The minimum atomic E-state index is -1.52. The summed E-state index contributed by atoms with van der Waals surface area (Å²) in [6.07, 6.45) is 2.14. The molecule has 18 nitrogen and oxygen atoms in total. The van der Waals surface area contributed by atoms with Gasteiger partial charge in [-0.1, -0.05) is 13.8 Å². The topological polar surface area (TPSA) is 339 Å². The molecule has 0 aromatic carbocycles. The van der Waals surface area contributed by atoms with E-state index in [1.165, 1.54) is 0 Å². The van der Waals surface area contributed by atoms with Gasteiger partial charge in [-0.25, -0.2) is 4.79 Å². The van der Waals surface area contributed by atoms with Crippen molar-refractivity contribution in [1.82, 2.24) is 21.3 Å². The zero-order valence-corrected chi connectivity index (χ0v) is 26.3. The molecule has 0 heterocycles. The highest BCUT2D eigenvalue weighted by Gasteiger charge is 2.33. The number of rotatable bonds is 24. The van der Waals surface area contributed by atoms with Crippen LogP contribution in [0.25, 0.3) is 0 Å². The molecule has 18 heteroatoms. The zero-order valence-electron chi connectivity index (χ0n) is 26.3. The Morgan fingerprint density at radius 3 is 1.67 bits per heavy atom. The Morgan fingerprint density at radius 2 is 1.18 bits per heavy atom. The predicted octanol–water partition coefficient (Wildman–Crippen LogP) is -3.82. The van der Waals surface area contributed by atoms with E-state index in [9.17, 15) is 33.9 Å². The normalized spacial score (nSPS) is 14.3. The van der Waals surface area contributed by atoms with Gasteiger partial charge in [-0.2, -0.15) is 0 Å². The third-order valence-electron chi connectivity index (χ3n) is 6.73. The molecule has 45 heavy (non-hydrogen) atoms. The molecule has 0 rings (SSSR count). The van der Waals surface area contributed by atoms with Crippen LogP contribution in [0.4, 0.5) is 0 Å². The second kappa shape index (κ2) is 22.5. The number of carbonyl (C=O) groups is 6. The van der Waals surface area contributed by atoms with Gasteiger partial charge in [0.25, 0.3) is 0 Å². The Morgan fingerprint density at radius 1 is 0.667 bits per heavy atom. The fourth-order valence-corrected chi connectivity index (χ4v) is 4.17. The molecule has 0 aliphatic carbocycles. The first-order chi connectivity index (χ1) is 21.1. The van der Waals surface area contributed by atoms with Crippen LogP contribution in [0.1, 0.15) is 71.6 Å². The maximum atomic E-state index is 13.4. The van der Waals surface area contributed by atoms with Gasteiger partial charge in [0.05, 0.1) is 12.5 Å². The number of amides is 5. The van der Waals surface area contributed by atoms with E-state index < -0.39 is 78.1 Å².